The summed E-state index contributed by atoms with van der Waals surface area (Å²) in [6.45, 7) is -0.365. The van der Waals surface area contributed by atoms with Gasteiger partial charge in [0.25, 0.3) is 5.56 Å². The molecular weight excluding hydrogens is 297 g/mol. The van der Waals surface area contributed by atoms with Crippen LogP contribution in [-0.2, 0) is 17.5 Å². The molecule has 0 spiro atoms. The van der Waals surface area contributed by atoms with E-state index in [1.165, 1.54) is 6.20 Å². The minimum Gasteiger partial charge on any atom is -0.341 e. The first-order valence-electron chi connectivity index (χ1n) is 7.33. The third kappa shape index (κ3) is 3.69. The number of nitrogens with zero attached hydrogens (tertiary/aromatic N) is 2. The summed E-state index contributed by atoms with van der Waals surface area (Å²) in [6.07, 6.45) is 1.55. The third-order valence-corrected chi connectivity index (χ3v) is 4.15. The molecule has 1 amide bonds. The number of halogens is 3. The van der Waals surface area contributed by atoms with E-state index in [2.05, 4.69) is 0 Å². The van der Waals surface area contributed by atoms with Crippen molar-refractivity contribution in [3.63, 3.8) is 0 Å². The molecule has 4 nitrogen and oxygen atoms in total. The van der Waals surface area contributed by atoms with Gasteiger partial charge in [0.05, 0.1) is 0 Å². The molecule has 1 aliphatic rings. The topological polar surface area (TPSA) is 42.3 Å². The second-order valence-electron chi connectivity index (χ2n) is 5.65. The number of carbonyl (C=O) groups is 1. The Labute approximate surface area is 126 Å². The molecule has 1 aromatic heterocycles. The lowest BCUT2D eigenvalue weighted by molar-refractivity contribution is -0.139. The SMILES string of the molecule is CN(C(=O)Cn1cccc(C(F)(F)F)c1=O)C1CCCCC1. The number of aromatic nitrogens is 1. The van der Waals surface area contributed by atoms with Crippen molar-refractivity contribution in [3.8, 4) is 0 Å². The van der Waals surface area contributed by atoms with Crippen LogP contribution in [0.15, 0.2) is 23.1 Å². The number of rotatable bonds is 3. The Morgan fingerprint density at radius 1 is 1.32 bits per heavy atom. The second-order valence-corrected chi connectivity index (χ2v) is 5.65. The standard InChI is InChI=1S/C15H19F3N2O2/c1-19(11-6-3-2-4-7-11)13(21)10-20-9-5-8-12(14(20)22)15(16,17)18/h5,8-9,11H,2-4,6-7,10H2,1H3. The van der Waals surface area contributed by atoms with Gasteiger partial charge >= 0.3 is 6.18 Å². The lowest BCUT2D eigenvalue weighted by atomic mass is 9.94. The first kappa shape index (κ1) is 16.6. The number of hydrogen-bond donors (Lipinski definition) is 0. The Hall–Kier alpha value is -1.79. The minimum atomic E-state index is -4.71. The van der Waals surface area contributed by atoms with Crippen molar-refractivity contribution < 1.29 is 18.0 Å². The zero-order valence-electron chi connectivity index (χ0n) is 12.4. The summed E-state index contributed by atoms with van der Waals surface area (Å²) in [5.74, 6) is -0.340. The van der Waals surface area contributed by atoms with Gasteiger partial charge in [0.1, 0.15) is 12.1 Å². The summed E-state index contributed by atoms with van der Waals surface area (Å²) >= 11 is 0. The monoisotopic (exact) mass is 316 g/mol. The summed E-state index contributed by atoms with van der Waals surface area (Å²) in [4.78, 5) is 25.6. The largest absolute Gasteiger partial charge is 0.421 e. The summed E-state index contributed by atoms with van der Waals surface area (Å²) in [7, 11) is 1.65. The Balaban J connectivity index is 2.13. The average molecular weight is 316 g/mol. The Morgan fingerprint density at radius 3 is 2.55 bits per heavy atom. The predicted octanol–water partition coefficient (Wildman–Crippen LogP) is 2.66. The summed E-state index contributed by atoms with van der Waals surface area (Å²) in [5.41, 5.74) is -2.43. The first-order chi connectivity index (χ1) is 10.3. The number of hydrogen-bond acceptors (Lipinski definition) is 2. The van der Waals surface area contributed by atoms with E-state index in [1.54, 1.807) is 11.9 Å². The van der Waals surface area contributed by atoms with E-state index in [4.69, 9.17) is 0 Å². The maximum Gasteiger partial charge on any atom is 0.421 e. The van der Waals surface area contributed by atoms with Crippen LogP contribution in [0.5, 0.6) is 0 Å². The van der Waals surface area contributed by atoms with Crippen LogP contribution in [0, 0.1) is 0 Å². The highest BCUT2D eigenvalue weighted by Crippen LogP contribution is 2.26. The van der Waals surface area contributed by atoms with Crippen LogP contribution in [0.1, 0.15) is 37.7 Å². The molecule has 0 radical (unpaired) electrons. The molecule has 1 heterocycles. The van der Waals surface area contributed by atoms with Crippen LogP contribution in [0.25, 0.3) is 0 Å². The molecule has 7 heteroatoms. The highest BCUT2D eigenvalue weighted by atomic mass is 19.4. The molecule has 1 aromatic rings. The van der Waals surface area contributed by atoms with Crippen LogP contribution in [0.2, 0.25) is 0 Å². The van der Waals surface area contributed by atoms with Crippen molar-refractivity contribution in [2.24, 2.45) is 0 Å². The van der Waals surface area contributed by atoms with Gasteiger partial charge in [-0.15, -0.1) is 0 Å². The second kappa shape index (κ2) is 6.54. The van der Waals surface area contributed by atoms with E-state index < -0.39 is 17.3 Å². The minimum absolute atomic E-state index is 0.114. The fourth-order valence-corrected chi connectivity index (χ4v) is 2.81. The Bertz CT molecular complexity index is 589. The zero-order valence-corrected chi connectivity index (χ0v) is 12.4. The van der Waals surface area contributed by atoms with Gasteiger partial charge < -0.3 is 9.47 Å². The number of pyridine rings is 1. The third-order valence-electron chi connectivity index (χ3n) is 4.15. The Morgan fingerprint density at radius 2 is 1.95 bits per heavy atom. The molecule has 22 heavy (non-hydrogen) atoms. The van der Waals surface area contributed by atoms with Gasteiger partial charge in [0.15, 0.2) is 0 Å². The number of amides is 1. The van der Waals surface area contributed by atoms with Crippen LogP contribution >= 0.6 is 0 Å². The molecule has 1 aliphatic carbocycles. The average Bonchev–Trinajstić information content (AvgIpc) is 2.48. The molecule has 0 bridgehead atoms. The van der Waals surface area contributed by atoms with Crippen molar-refractivity contribution in [2.45, 2.75) is 50.9 Å². The first-order valence-corrected chi connectivity index (χ1v) is 7.33. The smallest absolute Gasteiger partial charge is 0.341 e. The van der Waals surface area contributed by atoms with Crippen molar-refractivity contribution in [2.75, 3.05) is 7.05 Å². The molecule has 0 saturated heterocycles. The molecule has 0 aliphatic heterocycles. The van der Waals surface area contributed by atoms with Crippen molar-refractivity contribution in [3.05, 3.63) is 34.2 Å². The number of likely N-dealkylation sites (N-methyl/N-ethyl adjacent to an activating group) is 1. The molecule has 0 N–H and O–H groups in total. The summed E-state index contributed by atoms with van der Waals surface area (Å²) < 4.78 is 38.9. The van der Waals surface area contributed by atoms with Gasteiger partial charge in [0.2, 0.25) is 5.91 Å². The van der Waals surface area contributed by atoms with Gasteiger partial charge in [0, 0.05) is 19.3 Å². The highest BCUT2D eigenvalue weighted by Gasteiger charge is 2.34. The van der Waals surface area contributed by atoms with Crippen LogP contribution in [0.3, 0.4) is 0 Å². The van der Waals surface area contributed by atoms with Crippen molar-refractivity contribution in [1.29, 1.82) is 0 Å². The summed E-state index contributed by atoms with van der Waals surface area (Å²) in [5, 5.41) is 0. The number of carbonyl (C=O) groups excluding carboxylic acids is 1. The van der Waals surface area contributed by atoms with Gasteiger partial charge in [-0.2, -0.15) is 13.2 Å². The van der Waals surface area contributed by atoms with E-state index in [9.17, 15) is 22.8 Å². The molecule has 1 fully saturated rings. The fourth-order valence-electron chi connectivity index (χ4n) is 2.81. The molecule has 0 unspecified atom stereocenters. The summed E-state index contributed by atoms with van der Waals surface area (Å²) in [6, 6.07) is 1.98. The lowest BCUT2D eigenvalue weighted by Gasteiger charge is -2.31. The normalized spacial score (nSPS) is 16.5. The lowest BCUT2D eigenvalue weighted by Crippen LogP contribution is -2.42. The fraction of sp³-hybridized carbons (Fsp3) is 0.600. The van der Waals surface area contributed by atoms with Crippen LogP contribution in [-0.4, -0.2) is 28.5 Å². The van der Waals surface area contributed by atoms with E-state index in [-0.39, 0.29) is 18.5 Å². The zero-order chi connectivity index (χ0) is 16.3. The maximum atomic E-state index is 12.7. The van der Waals surface area contributed by atoms with Gasteiger partial charge in [-0.3, -0.25) is 9.59 Å². The highest BCUT2D eigenvalue weighted by molar-refractivity contribution is 5.76. The van der Waals surface area contributed by atoms with E-state index in [0.717, 1.165) is 48.8 Å². The van der Waals surface area contributed by atoms with E-state index >= 15 is 0 Å². The quantitative estimate of drug-likeness (QED) is 0.860. The van der Waals surface area contributed by atoms with Crippen LogP contribution in [0.4, 0.5) is 13.2 Å². The van der Waals surface area contributed by atoms with Crippen molar-refractivity contribution >= 4 is 5.91 Å². The molecular formula is C15H19F3N2O2. The van der Waals surface area contributed by atoms with E-state index in [1.807, 2.05) is 0 Å². The molecule has 0 aromatic carbocycles. The molecule has 0 atom stereocenters. The molecule has 122 valence electrons. The van der Waals surface area contributed by atoms with Gasteiger partial charge in [-0.25, -0.2) is 0 Å². The maximum absolute atomic E-state index is 12.7. The predicted molar refractivity (Wildman–Crippen MR) is 75.3 cm³/mol. The van der Waals surface area contributed by atoms with Gasteiger partial charge in [-0.05, 0) is 25.0 Å². The van der Waals surface area contributed by atoms with Crippen molar-refractivity contribution in [1.82, 2.24) is 9.47 Å². The molecule has 2 rings (SSSR count). The Kier molecular flexibility index (Phi) is 4.93. The van der Waals surface area contributed by atoms with E-state index in [0.29, 0.717) is 0 Å². The van der Waals surface area contributed by atoms with Crippen LogP contribution < -0.4 is 5.56 Å². The molecule has 1 saturated carbocycles. The number of alkyl halides is 3. The van der Waals surface area contributed by atoms with Gasteiger partial charge in [-0.1, -0.05) is 19.3 Å².